The summed E-state index contributed by atoms with van der Waals surface area (Å²) in [5.41, 5.74) is 0.765. The second-order valence-corrected chi connectivity index (χ2v) is 6.51. The molecule has 0 fully saturated rings. The second kappa shape index (κ2) is 6.39. The molecule has 0 aliphatic rings. The molecular formula is C14H14BrNO3S. The Morgan fingerprint density at radius 1 is 1.10 bits per heavy atom. The van der Waals surface area contributed by atoms with Gasteiger partial charge in [0, 0.05) is 12.1 Å². The molecule has 2 aromatic rings. The van der Waals surface area contributed by atoms with E-state index < -0.39 is 10.1 Å². The Morgan fingerprint density at radius 2 is 1.80 bits per heavy atom. The summed E-state index contributed by atoms with van der Waals surface area (Å²) in [6, 6.07) is 13.5. The summed E-state index contributed by atoms with van der Waals surface area (Å²) in [4.78, 5) is 0.131. The number of halogens is 1. The van der Waals surface area contributed by atoms with Crippen LogP contribution in [0.25, 0.3) is 0 Å². The predicted octanol–water partition coefficient (Wildman–Crippen LogP) is 2.94. The first-order valence-corrected chi connectivity index (χ1v) is 8.16. The van der Waals surface area contributed by atoms with Crippen molar-refractivity contribution in [2.45, 2.75) is 11.4 Å². The monoisotopic (exact) mass is 355 g/mol. The van der Waals surface area contributed by atoms with Crippen molar-refractivity contribution in [3.05, 3.63) is 58.6 Å². The third kappa shape index (κ3) is 3.39. The maximum Gasteiger partial charge on any atom is 0.339 e. The Bertz CT molecular complexity index is 687. The lowest BCUT2D eigenvalue weighted by Gasteiger charge is -2.13. The van der Waals surface area contributed by atoms with E-state index in [0.29, 0.717) is 16.8 Å². The maximum atomic E-state index is 12.2. The van der Waals surface area contributed by atoms with Gasteiger partial charge in [0.05, 0.1) is 4.47 Å². The molecule has 0 radical (unpaired) electrons. The van der Waals surface area contributed by atoms with E-state index in [-0.39, 0.29) is 4.90 Å². The number of hydrogen-bond donors (Lipinski definition) is 1. The molecule has 0 spiro atoms. The topological polar surface area (TPSA) is 55.4 Å². The minimum Gasteiger partial charge on any atom is -0.377 e. The summed E-state index contributed by atoms with van der Waals surface area (Å²) in [5.74, 6) is 0.311. The fraction of sp³-hybridized carbons (Fsp3) is 0.143. The van der Waals surface area contributed by atoms with E-state index in [2.05, 4.69) is 21.2 Å². The second-order valence-electron chi connectivity index (χ2n) is 4.11. The van der Waals surface area contributed by atoms with Crippen LogP contribution in [0.4, 0.5) is 0 Å². The van der Waals surface area contributed by atoms with E-state index in [9.17, 15) is 8.42 Å². The lowest BCUT2D eigenvalue weighted by atomic mass is 10.2. The van der Waals surface area contributed by atoms with E-state index in [0.717, 1.165) is 5.56 Å². The molecule has 0 heterocycles. The minimum absolute atomic E-state index is 0.131. The van der Waals surface area contributed by atoms with Crippen LogP contribution in [0.1, 0.15) is 5.56 Å². The van der Waals surface area contributed by atoms with Gasteiger partial charge in [-0.15, -0.1) is 0 Å². The molecule has 0 saturated heterocycles. The molecule has 0 aromatic heterocycles. The van der Waals surface area contributed by atoms with Crippen LogP contribution in [0.5, 0.6) is 5.75 Å². The van der Waals surface area contributed by atoms with Crippen molar-refractivity contribution in [2.24, 2.45) is 0 Å². The van der Waals surface area contributed by atoms with Crippen LogP contribution in [0, 0.1) is 0 Å². The molecule has 106 valence electrons. The Kier molecular flexibility index (Phi) is 4.80. The average Bonchev–Trinajstić information content (AvgIpc) is 2.44. The van der Waals surface area contributed by atoms with E-state index in [4.69, 9.17) is 4.18 Å². The summed E-state index contributed by atoms with van der Waals surface area (Å²) in [5, 5.41) is 2.98. The Labute approximate surface area is 127 Å². The van der Waals surface area contributed by atoms with Gasteiger partial charge < -0.3 is 9.50 Å². The molecule has 0 aliphatic carbocycles. The molecule has 20 heavy (non-hydrogen) atoms. The highest BCUT2D eigenvalue weighted by atomic mass is 79.9. The van der Waals surface area contributed by atoms with Crippen LogP contribution >= 0.6 is 15.9 Å². The lowest BCUT2D eigenvalue weighted by Crippen LogP contribution is -2.13. The zero-order valence-corrected chi connectivity index (χ0v) is 13.2. The van der Waals surface area contributed by atoms with Gasteiger partial charge in [-0.05, 0) is 41.2 Å². The van der Waals surface area contributed by atoms with Gasteiger partial charge in [-0.2, -0.15) is 8.42 Å². The van der Waals surface area contributed by atoms with E-state index in [1.807, 2.05) is 12.1 Å². The van der Waals surface area contributed by atoms with Crippen LogP contribution in [-0.4, -0.2) is 15.5 Å². The van der Waals surface area contributed by atoms with Gasteiger partial charge >= 0.3 is 10.1 Å². The Hall–Kier alpha value is -1.37. The third-order valence-electron chi connectivity index (χ3n) is 2.64. The van der Waals surface area contributed by atoms with E-state index in [1.54, 1.807) is 31.3 Å². The first-order chi connectivity index (χ1) is 9.54. The molecule has 6 heteroatoms. The van der Waals surface area contributed by atoms with Crippen LogP contribution in [0.2, 0.25) is 0 Å². The van der Waals surface area contributed by atoms with Gasteiger partial charge in [-0.1, -0.05) is 30.3 Å². The molecule has 0 amide bonds. The van der Waals surface area contributed by atoms with Gasteiger partial charge in [-0.25, -0.2) is 0 Å². The number of hydrogen-bond acceptors (Lipinski definition) is 4. The molecule has 0 aliphatic heterocycles. The van der Waals surface area contributed by atoms with Gasteiger partial charge in [0.1, 0.15) is 4.90 Å². The van der Waals surface area contributed by atoms with Crippen molar-refractivity contribution in [1.29, 1.82) is 0 Å². The highest BCUT2D eigenvalue weighted by molar-refractivity contribution is 9.10. The Morgan fingerprint density at radius 3 is 2.45 bits per heavy atom. The number of nitrogens with one attached hydrogen (secondary N) is 1. The fourth-order valence-corrected chi connectivity index (χ4v) is 3.32. The highest BCUT2D eigenvalue weighted by Gasteiger charge is 2.19. The van der Waals surface area contributed by atoms with Crippen molar-refractivity contribution in [3.63, 3.8) is 0 Å². The SMILES string of the molecule is CNCc1cccc(Br)c1OS(=O)(=O)c1ccccc1. The van der Waals surface area contributed by atoms with Crippen LogP contribution in [-0.2, 0) is 16.7 Å². The first-order valence-electron chi connectivity index (χ1n) is 5.96. The van der Waals surface area contributed by atoms with Crippen molar-refractivity contribution >= 4 is 26.0 Å². The van der Waals surface area contributed by atoms with Crippen LogP contribution in [0.15, 0.2) is 57.9 Å². The molecular weight excluding hydrogens is 342 g/mol. The van der Waals surface area contributed by atoms with Crippen molar-refractivity contribution in [2.75, 3.05) is 7.05 Å². The summed E-state index contributed by atoms with van der Waals surface area (Å²) < 4.78 is 30.4. The van der Waals surface area contributed by atoms with Crippen LogP contribution in [0.3, 0.4) is 0 Å². The molecule has 2 aromatic carbocycles. The zero-order chi connectivity index (χ0) is 14.6. The molecule has 1 N–H and O–H groups in total. The molecule has 0 saturated carbocycles. The number of para-hydroxylation sites is 1. The third-order valence-corrected chi connectivity index (χ3v) is 4.50. The quantitative estimate of drug-likeness (QED) is 0.837. The minimum atomic E-state index is -3.83. The number of benzene rings is 2. The summed E-state index contributed by atoms with van der Waals surface area (Å²) >= 11 is 3.33. The van der Waals surface area contributed by atoms with Gasteiger partial charge in [0.2, 0.25) is 0 Å². The summed E-state index contributed by atoms with van der Waals surface area (Å²) in [7, 11) is -2.05. The molecule has 0 bridgehead atoms. The normalized spacial score (nSPS) is 11.3. The van der Waals surface area contributed by atoms with Crippen LogP contribution < -0.4 is 9.50 Å². The van der Waals surface area contributed by atoms with Crippen molar-refractivity contribution < 1.29 is 12.6 Å². The fourth-order valence-electron chi connectivity index (χ4n) is 1.72. The molecule has 2 rings (SSSR count). The van der Waals surface area contributed by atoms with E-state index in [1.165, 1.54) is 12.1 Å². The van der Waals surface area contributed by atoms with Gasteiger partial charge in [-0.3, -0.25) is 0 Å². The van der Waals surface area contributed by atoms with E-state index >= 15 is 0 Å². The summed E-state index contributed by atoms with van der Waals surface area (Å²) in [6.45, 7) is 0.513. The predicted molar refractivity (Wildman–Crippen MR) is 81.2 cm³/mol. The number of rotatable bonds is 5. The largest absolute Gasteiger partial charge is 0.377 e. The van der Waals surface area contributed by atoms with Crippen molar-refractivity contribution in [3.8, 4) is 5.75 Å². The summed E-state index contributed by atoms with van der Waals surface area (Å²) in [6.07, 6.45) is 0. The maximum absolute atomic E-state index is 12.2. The van der Waals surface area contributed by atoms with Gasteiger partial charge in [0.15, 0.2) is 5.75 Å². The smallest absolute Gasteiger partial charge is 0.339 e. The average molecular weight is 356 g/mol. The van der Waals surface area contributed by atoms with Crippen molar-refractivity contribution in [1.82, 2.24) is 5.32 Å². The molecule has 0 atom stereocenters. The zero-order valence-electron chi connectivity index (χ0n) is 10.8. The molecule has 4 nitrogen and oxygen atoms in total. The standard InChI is InChI=1S/C14H14BrNO3S/c1-16-10-11-6-5-9-13(15)14(11)19-20(17,18)12-7-3-2-4-8-12/h2-9,16H,10H2,1H3. The molecule has 0 unspecified atom stereocenters. The highest BCUT2D eigenvalue weighted by Crippen LogP contribution is 2.31. The first kappa shape index (κ1) is 15.0. The Balaban J connectivity index is 2.39. The van der Waals surface area contributed by atoms with Gasteiger partial charge in [0.25, 0.3) is 0 Å². The lowest BCUT2D eigenvalue weighted by molar-refractivity contribution is 0.480.